The fourth-order valence-electron chi connectivity index (χ4n) is 1.11. The molecule has 104 valence electrons. The average molecular weight is 304 g/mol. The number of hydrogen-bond acceptors (Lipinski definition) is 6. The van der Waals surface area contributed by atoms with E-state index >= 15 is 0 Å². The van der Waals surface area contributed by atoms with E-state index in [9.17, 15) is 4.79 Å². The maximum atomic E-state index is 11.8. The Morgan fingerprint density at radius 1 is 1.37 bits per heavy atom. The van der Waals surface area contributed by atoms with Crippen molar-refractivity contribution in [2.75, 3.05) is 24.2 Å². The second kappa shape index (κ2) is 7.06. The highest BCUT2D eigenvalue weighted by atomic mass is 35.5. The molecule has 7 N–H and O–H groups in total. The van der Waals surface area contributed by atoms with E-state index < -0.39 is 5.91 Å². The summed E-state index contributed by atoms with van der Waals surface area (Å²) in [6, 6.07) is 0. The number of nitrogens with zero attached hydrogens (tertiary/aromatic N) is 3. The second-order valence-electron chi connectivity index (χ2n) is 3.50. The van der Waals surface area contributed by atoms with Gasteiger partial charge in [-0.05, 0) is 12.6 Å². The van der Waals surface area contributed by atoms with Gasteiger partial charge in [0.2, 0.25) is 0 Å². The number of guanidine groups is 1. The number of aromatic nitrogens is 2. The van der Waals surface area contributed by atoms with Crippen molar-refractivity contribution in [3.8, 4) is 0 Å². The molecule has 10 heteroatoms. The van der Waals surface area contributed by atoms with E-state index in [-0.39, 0.29) is 28.4 Å². The highest BCUT2D eigenvalue weighted by Gasteiger charge is 2.16. The minimum atomic E-state index is -0.640. The van der Waals surface area contributed by atoms with Gasteiger partial charge in [0, 0.05) is 6.54 Å². The van der Waals surface area contributed by atoms with E-state index in [4.69, 9.17) is 28.8 Å². The van der Waals surface area contributed by atoms with Crippen LogP contribution in [0.2, 0.25) is 5.15 Å². The lowest BCUT2D eigenvalue weighted by atomic mass is 10.4. The van der Waals surface area contributed by atoms with Gasteiger partial charge in [-0.15, -0.1) is 9.24 Å². The van der Waals surface area contributed by atoms with Gasteiger partial charge in [0.1, 0.15) is 0 Å². The predicted octanol–water partition coefficient (Wildman–Crippen LogP) is -0.396. The van der Waals surface area contributed by atoms with E-state index in [0.29, 0.717) is 6.54 Å². The van der Waals surface area contributed by atoms with Gasteiger partial charge in [0.15, 0.2) is 28.4 Å². The third kappa shape index (κ3) is 4.50. The molecule has 19 heavy (non-hydrogen) atoms. The molecule has 0 aliphatic rings. The first-order valence-corrected chi connectivity index (χ1v) is 6.55. The van der Waals surface area contributed by atoms with Gasteiger partial charge in [0.05, 0.1) is 0 Å². The molecule has 1 atom stereocenters. The molecule has 1 unspecified atom stereocenters. The topological polar surface area (TPSA) is 145 Å². The van der Waals surface area contributed by atoms with Gasteiger partial charge in [-0.25, -0.2) is 9.97 Å². The van der Waals surface area contributed by atoms with Crippen molar-refractivity contribution in [3.63, 3.8) is 0 Å². The fraction of sp³-hybridized carbons (Fsp3) is 0.333. The molecule has 0 saturated carbocycles. The van der Waals surface area contributed by atoms with E-state index in [1.807, 2.05) is 0 Å². The summed E-state index contributed by atoms with van der Waals surface area (Å²) in [5.74, 6) is -0.827. The normalized spacial score (nSPS) is 11.4. The Bertz CT molecular complexity index is 508. The zero-order valence-corrected chi connectivity index (χ0v) is 12.0. The van der Waals surface area contributed by atoms with Crippen LogP contribution in [0.25, 0.3) is 0 Å². The molecule has 0 radical (unpaired) electrons. The molecule has 0 spiro atoms. The van der Waals surface area contributed by atoms with Gasteiger partial charge in [0.25, 0.3) is 5.91 Å². The van der Waals surface area contributed by atoms with Gasteiger partial charge < -0.3 is 17.2 Å². The van der Waals surface area contributed by atoms with Gasteiger partial charge >= 0.3 is 0 Å². The van der Waals surface area contributed by atoms with E-state index in [1.54, 1.807) is 0 Å². The van der Waals surface area contributed by atoms with Crippen molar-refractivity contribution in [2.45, 2.75) is 6.42 Å². The maximum Gasteiger partial charge on any atom is 0.280 e. The van der Waals surface area contributed by atoms with Crippen molar-refractivity contribution in [2.24, 2.45) is 10.7 Å². The lowest BCUT2D eigenvalue weighted by Crippen LogP contribution is -2.38. The molecule has 1 heterocycles. The smallest absolute Gasteiger partial charge is 0.280 e. The van der Waals surface area contributed by atoms with Crippen molar-refractivity contribution in [1.29, 1.82) is 0 Å². The summed E-state index contributed by atoms with van der Waals surface area (Å²) in [6.07, 6.45) is 1.74. The van der Waals surface area contributed by atoms with Crippen LogP contribution in [0.4, 0.5) is 11.6 Å². The van der Waals surface area contributed by atoms with Crippen LogP contribution in [0.3, 0.4) is 0 Å². The Hall–Kier alpha value is -1.66. The zero-order valence-electron chi connectivity index (χ0n) is 10.1. The summed E-state index contributed by atoms with van der Waals surface area (Å²) in [4.78, 5) is 23.2. The lowest BCUT2D eigenvalue weighted by molar-refractivity contribution is 0.0972. The molecule has 8 nitrogen and oxygen atoms in total. The summed E-state index contributed by atoms with van der Waals surface area (Å²) in [5.41, 5.74) is 16.3. The first kappa shape index (κ1) is 15.4. The summed E-state index contributed by atoms with van der Waals surface area (Å²) in [5, 5.41) is 2.24. The van der Waals surface area contributed by atoms with Crippen molar-refractivity contribution in [1.82, 2.24) is 15.3 Å². The molecule has 0 fully saturated rings. The van der Waals surface area contributed by atoms with Crippen molar-refractivity contribution in [3.05, 3.63) is 10.8 Å². The number of nitrogens with two attached hydrogens (primary N) is 3. The molecule has 0 aromatic carbocycles. The van der Waals surface area contributed by atoms with Crippen LogP contribution in [0, 0.1) is 0 Å². The highest BCUT2D eigenvalue weighted by Crippen LogP contribution is 2.16. The number of carbonyl (C=O) groups excluding carboxylic acids is 1. The monoisotopic (exact) mass is 303 g/mol. The standard InChI is InChI=1S/C9H15ClN7OP/c10-5-7(12)16-6(11)4(15-5)8(18)17-9(13)14-2-1-3-19/h1-3,19H2,(H4,11,12,16)(H3,13,14,17,18). The molecule has 0 bridgehead atoms. The van der Waals surface area contributed by atoms with Gasteiger partial charge in [-0.1, -0.05) is 11.6 Å². The third-order valence-electron chi connectivity index (χ3n) is 2.01. The number of rotatable bonds is 4. The minimum absolute atomic E-state index is 0.0161. The lowest BCUT2D eigenvalue weighted by Gasteiger charge is -2.07. The van der Waals surface area contributed by atoms with E-state index in [1.165, 1.54) is 0 Å². The first-order chi connectivity index (χ1) is 8.95. The molecule has 1 aromatic heterocycles. The number of carbonyl (C=O) groups is 1. The highest BCUT2D eigenvalue weighted by molar-refractivity contribution is 7.16. The van der Waals surface area contributed by atoms with Crippen LogP contribution in [0.5, 0.6) is 0 Å². The quantitative estimate of drug-likeness (QED) is 0.258. The fourth-order valence-corrected chi connectivity index (χ4v) is 1.42. The van der Waals surface area contributed by atoms with E-state index in [0.717, 1.165) is 12.6 Å². The number of hydrogen-bond donors (Lipinski definition) is 4. The zero-order chi connectivity index (χ0) is 14.4. The third-order valence-corrected chi connectivity index (χ3v) is 2.69. The number of anilines is 2. The largest absolute Gasteiger partial charge is 0.382 e. The van der Waals surface area contributed by atoms with Crippen molar-refractivity contribution < 1.29 is 4.79 Å². The average Bonchev–Trinajstić information content (AvgIpc) is 2.34. The molecule has 1 amide bonds. The number of nitrogens with one attached hydrogen (secondary N) is 1. The molecular formula is C9H15ClN7OP. The van der Waals surface area contributed by atoms with Crippen molar-refractivity contribution >= 4 is 44.3 Å². The Balaban J connectivity index is 2.78. The molecule has 0 aliphatic carbocycles. The van der Waals surface area contributed by atoms with Crippen LogP contribution >= 0.6 is 20.8 Å². The Morgan fingerprint density at radius 3 is 2.68 bits per heavy atom. The van der Waals surface area contributed by atoms with Crippen LogP contribution in [0.1, 0.15) is 16.9 Å². The minimum Gasteiger partial charge on any atom is -0.382 e. The summed E-state index contributed by atoms with van der Waals surface area (Å²) < 4.78 is 0. The SMILES string of the molecule is NC(=NCCCP)NC(=O)c1nc(Cl)c(N)nc1N. The molecule has 1 rings (SSSR count). The number of halogens is 1. The van der Waals surface area contributed by atoms with E-state index in [2.05, 4.69) is 29.5 Å². The Kier molecular flexibility index (Phi) is 5.72. The van der Waals surface area contributed by atoms with Crippen LogP contribution in [-0.2, 0) is 0 Å². The van der Waals surface area contributed by atoms with Gasteiger partial charge in [-0.2, -0.15) is 0 Å². The Morgan fingerprint density at radius 2 is 2.05 bits per heavy atom. The number of aliphatic imine (C=N–C) groups is 1. The summed E-state index contributed by atoms with van der Waals surface area (Å²) >= 11 is 5.67. The number of amides is 1. The van der Waals surface area contributed by atoms with Gasteiger partial charge in [-0.3, -0.25) is 15.1 Å². The number of nitrogen functional groups attached to an aromatic ring is 2. The predicted molar refractivity (Wildman–Crippen MR) is 79.0 cm³/mol. The summed E-state index contributed by atoms with van der Waals surface area (Å²) in [6.45, 7) is 0.513. The molecule has 1 aromatic rings. The molecule has 0 saturated heterocycles. The van der Waals surface area contributed by atoms with Crippen LogP contribution in [0.15, 0.2) is 4.99 Å². The maximum absolute atomic E-state index is 11.8. The summed E-state index contributed by atoms with van der Waals surface area (Å²) in [7, 11) is 2.57. The first-order valence-electron chi connectivity index (χ1n) is 5.35. The second-order valence-corrected chi connectivity index (χ2v) is 4.43. The Labute approximate surface area is 117 Å². The molecule has 0 aliphatic heterocycles. The van der Waals surface area contributed by atoms with Crippen LogP contribution in [-0.4, -0.2) is 34.5 Å². The molecular weight excluding hydrogens is 289 g/mol. The van der Waals surface area contributed by atoms with Crippen LogP contribution < -0.4 is 22.5 Å².